The summed E-state index contributed by atoms with van der Waals surface area (Å²) in [6.07, 6.45) is 5.00. The lowest BCUT2D eigenvalue weighted by atomic mass is 10.00. The summed E-state index contributed by atoms with van der Waals surface area (Å²) in [5.41, 5.74) is 9.26. The number of benzene rings is 1. The first-order chi connectivity index (χ1) is 7.83. The molecule has 2 heteroatoms. The molecule has 0 aromatic heterocycles. The monoisotopic (exact) mass is 235 g/mol. The van der Waals surface area contributed by atoms with Crippen molar-refractivity contribution in [2.24, 2.45) is 5.73 Å². The van der Waals surface area contributed by atoms with Crippen LogP contribution in [0.3, 0.4) is 0 Å². The molecule has 0 fully saturated rings. The van der Waals surface area contributed by atoms with Crippen molar-refractivity contribution in [1.29, 1.82) is 0 Å². The van der Waals surface area contributed by atoms with Gasteiger partial charge in [0.2, 0.25) is 0 Å². The van der Waals surface area contributed by atoms with E-state index in [1.54, 1.807) is 0 Å². The molecule has 1 aromatic rings. The standard InChI is InChI=1S/C14H21NS/c1-2-10-16-13-9-5-7-11-6-3-4-8-12(11)14(13)15/h3-4,6,8,13-14H,2,5,7,9-10,15H2,1H3. The fraction of sp³-hybridized carbons (Fsp3) is 0.571. The zero-order valence-electron chi connectivity index (χ0n) is 9.99. The van der Waals surface area contributed by atoms with Gasteiger partial charge in [-0.3, -0.25) is 0 Å². The fourth-order valence-electron chi connectivity index (χ4n) is 2.42. The summed E-state index contributed by atoms with van der Waals surface area (Å²) in [4.78, 5) is 0. The Kier molecular flexibility index (Phi) is 4.30. The number of hydrogen-bond donors (Lipinski definition) is 1. The Labute approximate surface area is 103 Å². The van der Waals surface area contributed by atoms with E-state index in [1.807, 2.05) is 0 Å². The molecule has 0 spiro atoms. The Morgan fingerprint density at radius 1 is 1.38 bits per heavy atom. The zero-order valence-corrected chi connectivity index (χ0v) is 10.8. The number of nitrogens with two attached hydrogens (primary N) is 1. The van der Waals surface area contributed by atoms with Crippen molar-refractivity contribution < 1.29 is 0 Å². The SMILES string of the molecule is CCCSC1CCCc2ccccc2C1N. The van der Waals surface area contributed by atoms with Gasteiger partial charge in [-0.05, 0) is 42.6 Å². The highest BCUT2D eigenvalue weighted by Gasteiger charge is 2.24. The minimum atomic E-state index is 0.232. The molecule has 0 bridgehead atoms. The maximum atomic E-state index is 6.41. The maximum absolute atomic E-state index is 6.41. The third-order valence-electron chi connectivity index (χ3n) is 3.29. The van der Waals surface area contributed by atoms with Crippen LogP contribution in [0.5, 0.6) is 0 Å². The van der Waals surface area contributed by atoms with Gasteiger partial charge in [0.1, 0.15) is 0 Å². The van der Waals surface area contributed by atoms with Crippen molar-refractivity contribution in [3.05, 3.63) is 35.4 Å². The molecule has 2 N–H and O–H groups in total. The molecule has 2 unspecified atom stereocenters. The van der Waals surface area contributed by atoms with Gasteiger partial charge < -0.3 is 5.73 Å². The number of aryl methyl sites for hydroxylation is 1. The van der Waals surface area contributed by atoms with Crippen LogP contribution in [0.25, 0.3) is 0 Å². The average molecular weight is 235 g/mol. The van der Waals surface area contributed by atoms with E-state index in [4.69, 9.17) is 5.73 Å². The Morgan fingerprint density at radius 2 is 2.19 bits per heavy atom. The first kappa shape index (κ1) is 12.0. The van der Waals surface area contributed by atoms with Gasteiger partial charge in [-0.25, -0.2) is 0 Å². The summed E-state index contributed by atoms with van der Waals surface area (Å²) in [5, 5.41) is 0.614. The molecule has 0 amide bonds. The Balaban J connectivity index is 2.16. The van der Waals surface area contributed by atoms with Gasteiger partial charge in [0, 0.05) is 11.3 Å². The Morgan fingerprint density at radius 3 is 3.00 bits per heavy atom. The van der Waals surface area contributed by atoms with E-state index in [0.29, 0.717) is 5.25 Å². The second kappa shape index (κ2) is 5.74. The first-order valence-electron chi connectivity index (χ1n) is 6.28. The summed E-state index contributed by atoms with van der Waals surface area (Å²) < 4.78 is 0. The van der Waals surface area contributed by atoms with Crippen LogP contribution >= 0.6 is 11.8 Å². The molecule has 0 radical (unpaired) electrons. The molecule has 0 saturated heterocycles. The van der Waals surface area contributed by atoms with Crippen LogP contribution in [0.1, 0.15) is 43.4 Å². The van der Waals surface area contributed by atoms with Crippen molar-refractivity contribution in [2.45, 2.75) is 43.9 Å². The van der Waals surface area contributed by atoms with E-state index in [-0.39, 0.29) is 6.04 Å². The predicted octanol–water partition coefficient (Wildman–Crippen LogP) is 3.53. The third kappa shape index (κ3) is 2.61. The lowest BCUT2D eigenvalue weighted by molar-refractivity contribution is 0.632. The second-order valence-corrected chi connectivity index (χ2v) is 5.87. The van der Waals surface area contributed by atoms with Crippen LogP contribution in [-0.2, 0) is 6.42 Å². The first-order valence-corrected chi connectivity index (χ1v) is 7.32. The molecule has 1 nitrogen and oxygen atoms in total. The van der Waals surface area contributed by atoms with Gasteiger partial charge in [-0.15, -0.1) is 0 Å². The summed E-state index contributed by atoms with van der Waals surface area (Å²) in [7, 11) is 0. The lowest BCUT2D eigenvalue weighted by Gasteiger charge is -2.22. The van der Waals surface area contributed by atoms with E-state index in [2.05, 4.69) is 43.0 Å². The number of rotatable bonds is 3. The van der Waals surface area contributed by atoms with Gasteiger partial charge in [0.05, 0.1) is 0 Å². The Bertz CT molecular complexity index is 335. The van der Waals surface area contributed by atoms with Crippen molar-refractivity contribution >= 4 is 11.8 Å². The molecule has 1 aliphatic rings. The highest BCUT2D eigenvalue weighted by Crippen LogP contribution is 2.34. The fourth-order valence-corrected chi connectivity index (χ4v) is 3.64. The normalized spacial score (nSPS) is 24.9. The predicted molar refractivity (Wildman–Crippen MR) is 72.8 cm³/mol. The summed E-state index contributed by atoms with van der Waals surface area (Å²) in [6.45, 7) is 2.24. The van der Waals surface area contributed by atoms with Crippen molar-refractivity contribution in [3.8, 4) is 0 Å². The number of hydrogen-bond acceptors (Lipinski definition) is 2. The van der Waals surface area contributed by atoms with Crippen molar-refractivity contribution in [1.82, 2.24) is 0 Å². The van der Waals surface area contributed by atoms with Crippen LogP contribution in [0.4, 0.5) is 0 Å². The van der Waals surface area contributed by atoms with Gasteiger partial charge in [-0.2, -0.15) is 11.8 Å². The lowest BCUT2D eigenvalue weighted by Crippen LogP contribution is -2.23. The van der Waals surface area contributed by atoms with E-state index in [1.165, 1.54) is 42.6 Å². The highest BCUT2D eigenvalue weighted by molar-refractivity contribution is 7.99. The van der Waals surface area contributed by atoms with Gasteiger partial charge in [0.15, 0.2) is 0 Å². The average Bonchev–Trinajstić information content (AvgIpc) is 2.47. The molecule has 1 aliphatic carbocycles. The molecular weight excluding hydrogens is 214 g/mol. The maximum Gasteiger partial charge on any atom is 0.0418 e. The van der Waals surface area contributed by atoms with Crippen LogP contribution in [0.15, 0.2) is 24.3 Å². The quantitative estimate of drug-likeness (QED) is 0.811. The van der Waals surface area contributed by atoms with Crippen molar-refractivity contribution in [2.75, 3.05) is 5.75 Å². The molecule has 16 heavy (non-hydrogen) atoms. The van der Waals surface area contributed by atoms with E-state index >= 15 is 0 Å². The van der Waals surface area contributed by atoms with Gasteiger partial charge in [-0.1, -0.05) is 31.2 Å². The number of fused-ring (bicyclic) bond motifs is 1. The molecular formula is C14H21NS. The molecule has 88 valence electrons. The van der Waals surface area contributed by atoms with Crippen LogP contribution in [0, 0.1) is 0 Å². The zero-order chi connectivity index (χ0) is 11.4. The van der Waals surface area contributed by atoms with Gasteiger partial charge in [0.25, 0.3) is 0 Å². The molecule has 2 rings (SSSR count). The summed E-state index contributed by atoms with van der Waals surface area (Å²) in [5.74, 6) is 1.24. The van der Waals surface area contributed by atoms with Gasteiger partial charge >= 0.3 is 0 Å². The smallest absolute Gasteiger partial charge is 0.0418 e. The summed E-state index contributed by atoms with van der Waals surface area (Å²) in [6, 6.07) is 8.93. The third-order valence-corrected chi connectivity index (χ3v) is 4.89. The van der Waals surface area contributed by atoms with E-state index in [0.717, 1.165) is 0 Å². The molecule has 0 saturated carbocycles. The Hall–Kier alpha value is -0.470. The molecule has 1 aromatic carbocycles. The van der Waals surface area contributed by atoms with Crippen LogP contribution in [0.2, 0.25) is 0 Å². The molecule has 2 atom stereocenters. The minimum absolute atomic E-state index is 0.232. The van der Waals surface area contributed by atoms with Crippen molar-refractivity contribution in [3.63, 3.8) is 0 Å². The second-order valence-electron chi connectivity index (χ2n) is 4.53. The topological polar surface area (TPSA) is 26.0 Å². The van der Waals surface area contributed by atoms with E-state index in [9.17, 15) is 0 Å². The van der Waals surface area contributed by atoms with Crippen LogP contribution in [-0.4, -0.2) is 11.0 Å². The highest BCUT2D eigenvalue weighted by atomic mass is 32.2. The van der Waals surface area contributed by atoms with Crippen LogP contribution < -0.4 is 5.73 Å². The molecule has 0 heterocycles. The summed E-state index contributed by atoms with van der Waals surface area (Å²) >= 11 is 2.06. The van der Waals surface area contributed by atoms with E-state index < -0.39 is 0 Å². The molecule has 0 aliphatic heterocycles. The number of thioether (sulfide) groups is 1. The minimum Gasteiger partial charge on any atom is -0.323 e. The largest absolute Gasteiger partial charge is 0.323 e.